The molecule has 3 heterocycles. The van der Waals surface area contributed by atoms with E-state index < -0.39 is 0 Å². The Balaban J connectivity index is 1.54. The topological polar surface area (TPSA) is 32.3 Å². The molecular weight excluding hydrogens is 364 g/mol. The van der Waals surface area contributed by atoms with Gasteiger partial charge in [0.2, 0.25) is 0 Å². The summed E-state index contributed by atoms with van der Waals surface area (Å²) < 4.78 is 0. The summed E-state index contributed by atoms with van der Waals surface area (Å²) in [7, 11) is 0. The van der Waals surface area contributed by atoms with E-state index in [0.717, 1.165) is 38.5 Å². The largest absolute Gasteiger partial charge is 0.353 e. The molecule has 2 aliphatic carbocycles. The minimum atomic E-state index is 0.568. The summed E-state index contributed by atoms with van der Waals surface area (Å²) in [6.45, 7) is 9.23. The van der Waals surface area contributed by atoms with Gasteiger partial charge >= 0.3 is 0 Å². The van der Waals surface area contributed by atoms with Gasteiger partial charge in [0.1, 0.15) is 16.5 Å². The summed E-state index contributed by atoms with van der Waals surface area (Å²) in [5.41, 5.74) is 1.57. The molecule has 3 aliphatic rings. The zero-order valence-corrected chi connectivity index (χ0v) is 17.8. The Labute approximate surface area is 172 Å². The van der Waals surface area contributed by atoms with Gasteiger partial charge in [-0.25, -0.2) is 9.97 Å². The Morgan fingerprint density at radius 1 is 0.964 bits per heavy atom. The zero-order chi connectivity index (χ0) is 18.9. The minimum Gasteiger partial charge on any atom is -0.353 e. The molecule has 1 saturated carbocycles. The maximum Gasteiger partial charge on any atom is 0.141 e. The maximum atomic E-state index is 5.28. The van der Waals surface area contributed by atoms with E-state index in [9.17, 15) is 0 Å². The lowest BCUT2D eigenvalue weighted by molar-refractivity contribution is 0.283. The van der Waals surface area contributed by atoms with E-state index in [1.807, 2.05) is 17.4 Å². The first-order chi connectivity index (χ1) is 13.8. The molecule has 28 heavy (non-hydrogen) atoms. The van der Waals surface area contributed by atoms with Gasteiger partial charge < -0.3 is 4.90 Å². The van der Waals surface area contributed by atoms with E-state index in [-0.39, 0.29) is 0 Å². The van der Waals surface area contributed by atoms with Crippen LogP contribution in [0.4, 0.5) is 5.82 Å². The van der Waals surface area contributed by atoms with Crippen molar-refractivity contribution in [2.45, 2.75) is 63.7 Å². The van der Waals surface area contributed by atoms with Crippen LogP contribution in [0.15, 0.2) is 12.7 Å². The Morgan fingerprint density at radius 2 is 1.75 bits per heavy atom. The molecule has 2 aromatic rings. The van der Waals surface area contributed by atoms with Gasteiger partial charge in [0.25, 0.3) is 0 Å². The zero-order valence-electron chi connectivity index (χ0n) is 17.0. The number of aryl methyl sites for hydroxylation is 2. The van der Waals surface area contributed by atoms with Crippen LogP contribution in [0, 0.1) is 0 Å². The molecule has 0 atom stereocenters. The Morgan fingerprint density at radius 3 is 2.54 bits per heavy atom. The average Bonchev–Trinajstić information content (AvgIpc) is 3.13. The maximum absolute atomic E-state index is 5.28. The molecule has 0 spiro atoms. The van der Waals surface area contributed by atoms with Crippen LogP contribution in [-0.4, -0.2) is 47.6 Å². The molecule has 0 amide bonds. The van der Waals surface area contributed by atoms with Crippen molar-refractivity contribution in [1.29, 1.82) is 0 Å². The fraction of sp³-hybridized carbons (Fsp3) is 0.652. The molecule has 0 radical (unpaired) electrons. The van der Waals surface area contributed by atoms with Crippen molar-refractivity contribution in [3.05, 3.63) is 28.9 Å². The van der Waals surface area contributed by atoms with Crippen LogP contribution in [0.5, 0.6) is 0 Å². The van der Waals surface area contributed by atoms with Gasteiger partial charge in [0, 0.05) is 43.5 Å². The second-order valence-corrected chi connectivity index (χ2v) is 9.79. The van der Waals surface area contributed by atoms with Crippen molar-refractivity contribution in [2.24, 2.45) is 0 Å². The predicted molar refractivity (Wildman–Crippen MR) is 119 cm³/mol. The van der Waals surface area contributed by atoms with Crippen molar-refractivity contribution in [3.63, 3.8) is 0 Å². The van der Waals surface area contributed by atoms with Crippen LogP contribution in [0.25, 0.3) is 10.2 Å². The molecule has 5 heteroatoms. The van der Waals surface area contributed by atoms with Crippen molar-refractivity contribution in [2.75, 3.05) is 37.6 Å². The molecule has 1 saturated heterocycles. The summed E-state index contributed by atoms with van der Waals surface area (Å²) in [5, 5.41) is 1.40. The molecule has 1 aliphatic heterocycles. The van der Waals surface area contributed by atoms with Gasteiger partial charge in [-0.3, -0.25) is 4.90 Å². The molecule has 0 aromatic carbocycles. The van der Waals surface area contributed by atoms with E-state index in [0.29, 0.717) is 5.92 Å². The lowest BCUT2D eigenvalue weighted by Gasteiger charge is -2.35. The molecule has 150 valence electrons. The third-order valence-electron chi connectivity index (χ3n) is 6.84. The second-order valence-electron chi connectivity index (χ2n) is 8.71. The van der Waals surface area contributed by atoms with E-state index in [2.05, 4.69) is 16.4 Å². The molecule has 4 nitrogen and oxygen atoms in total. The fourth-order valence-corrected chi connectivity index (χ4v) is 6.51. The number of anilines is 1. The highest BCUT2D eigenvalue weighted by Crippen LogP contribution is 2.41. The van der Waals surface area contributed by atoms with Crippen molar-refractivity contribution >= 4 is 27.4 Å². The SMILES string of the molecule is C=CCN1CCN(c2nc(C3CCCCC3)nc3sc4c(c23)CCCC4)CC1. The molecule has 0 bridgehead atoms. The van der Waals surface area contributed by atoms with Gasteiger partial charge in [-0.05, 0) is 44.1 Å². The van der Waals surface area contributed by atoms with Gasteiger partial charge in [-0.15, -0.1) is 17.9 Å². The quantitative estimate of drug-likeness (QED) is 0.686. The number of nitrogens with zero attached hydrogens (tertiary/aromatic N) is 4. The van der Waals surface area contributed by atoms with Crippen molar-refractivity contribution in [1.82, 2.24) is 14.9 Å². The van der Waals surface area contributed by atoms with Gasteiger partial charge in [0.05, 0.1) is 5.39 Å². The summed E-state index contributed by atoms with van der Waals surface area (Å²) in [6, 6.07) is 0. The Kier molecular flexibility index (Phi) is 5.38. The number of fused-ring (bicyclic) bond motifs is 3. The highest BCUT2D eigenvalue weighted by molar-refractivity contribution is 7.19. The predicted octanol–water partition coefficient (Wildman–Crippen LogP) is 4.93. The first-order valence-electron chi connectivity index (χ1n) is 11.2. The normalized spacial score (nSPS) is 21.8. The fourth-order valence-electron chi connectivity index (χ4n) is 5.25. The molecule has 0 unspecified atom stereocenters. The molecule has 5 rings (SSSR count). The molecular formula is C23H32N4S. The van der Waals surface area contributed by atoms with E-state index in [4.69, 9.17) is 9.97 Å². The monoisotopic (exact) mass is 396 g/mol. The van der Waals surface area contributed by atoms with E-state index in [1.165, 1.54) is 73.8 Å². The first kappa shape index (κ1) is 18.6. The van der Waals surface area contributed by atoms with Gasteiger partial charge in [-0.1, -0.05) is 25.3 Å². The summed E-state index contributed by atoms with van der Waals surface area (Å²) in [5.74, 6) is 2.95. The molecule has 2 fully saturated rings. The Bertz CT molecular complexity index is 844. The van der Waals surface area contributed by atoms with Crippen molar-refractivity contribution < 1.29 is 0 Å². The lowest BCUT2D eigenvalue weighted by atomic mass is 9.88. The summed E-state index contributed by atoms with van der Waals surface area (Å²) in [6.07, 6.45) is 13.7. The second kappa shape index (κ2) is 8.11. The average molecular weight is 397 g/mol. The van der Waals surface area contributed by atoms with E-state index in [1.54, 1.807) is 10.4 Å². The smallest absolute Gasteiger partial charge is 0.141 e. The van der Waals surface area contributed by atoms with Gasteiger partial charge in [-0.2, -0.15) is 0 Å². The van der Waals surface area contributed by atoms with Crippen LogP contribution >= 0.6 is 11.3 Å². The number of thiophene rings is 1. The van der Waals surface area contributed by atoms with Crippen LogP contribution in [0.2, 0.25) is 0 Å². The van der Waals surface area contributed by atoms with Gasteiger partial charge in [0.15, 0.2) is 0 Å². The van der Waals surface area contributed by atoms with Crippen LogP contribution in [0.1, 0.15) is 67.1 Å². The van der Waals surface area contributed by atoms with Crippen LogP contribution in [0.3, 0.4) is 0 Å². The standard InChI is InChI=1S/C23H32N4S/c1-2-12-26-13-15-27(16-14-26)22-20-18-10-6-7-11-19(18)28-23(20)25-21(24-22)17-8-4-3-5-9-17/h2,17H,1,3-16H2. The number of aromatic nitrogens is 2. The number of hydrogen-bond acceptors (Lipinski definition) is 5. The molecule has 2 aromatic heterocycles. The summed E-state index contributed by atoms with van der Waals surface area (Å²) >= 11 is 1.96. The highest BCUT2D eigenvalue weighted by atomic mass is 32.1. The number of rotatable bonds is 4. The molecule has 0 N–H and O–H groups in total. The number of piperazine rings is 1. The van der Waals surface area contributed by atoms with Crippen LogP contribution in [-0.2, 0) is 12.8 Å². The number of hydrogen-bond donors (Lipinski definition) is 0. The van der Waals surface area contributed by atoms with Crippen molar-refractivity contribution in [3.8, 4) is 0 Å². The third kappa shape index (κ3) is 3.48. The van der Waals surface area contributed by atoms with Crippen LogP contribution < -0.4 is 4.90 Å². The lowest BCUT2D eigenvalue weighted by Crippen LogP contribution is -2.46. The minimum absolute atomic E-state index is 0.568. The van der Waals surface area contributed by atoms with E-state index >= 15 is 0 Å². The summed E-state index contributed by atoms with van der Waals surface area (Å²) in [4.78, 5) is 18.3. The highest BCUT2D eigenvalue weighted by Gasteiger charge is 2.28. The first-order valence-corrected chi connectivity index (χ1v) is 12.1. The Hall–Kier alpha value is -1.46. The third-order valence-corrected chi connectivity index (χ3v) is 8.03.